The summed E-state index contributed by atoms with van der Waals surface area (Å²) in [7, 11) is 3.43. The van der Waals surface area contributed by atoms with Crippen molar-refractivity contribution in [1.82, 2.24) is 18.7 Å². The molecule has 0 radical (unpaired) electrons. The van der Waals surface area contributed by atoms with Crippen molar-refractivity contribution in [3.8, 4) is 0 Å². The van der Waals surface area contributed by atoms with Gasteiger partial charge in [-0.25, -0.2) is 9.78 Å². The van der Waals surface area contributed by atoms with Gasteiger partial charge in [-0.3, -0.25) is 13.9 Å². The van der Waals surface area contributed by atoms with E-state index in [-0.39, 0.29) is 11.2 Å². The van der Waals surface area contributed by atoms with Crippen molar-refractivity contribution in [2.75, 3.05) is 11.5 Å². The highest BCUT2D eigenvalue weighted by atomic mass is 32.2. The lowest BCUT2D eigenvalue weighted by atomic mass is 10.4. The molecule has 0 aliphatic rings. The first-order valence-corrected chi connectivity index (χ1v) is 8.42. The Hall–Kier alpha value is -1.50. The molecule has 0 saturated carbocycles. The number of imidazole rings is 1. The first-order chi connectivity index (χ1) is 10.1. The molecule has 0 N–H and O–H groups in total. The highest BCUT2D eigenvalue weighted by Crippen LogP contribution is 2.07. The standard InChI is InChI=1S/C14H22N4O2S/c1-4-5-8-21-9-6-7-18-13(19)11-12(15-10-16(11)2)17(3)14(18)20/h10H,4-9H2,1-3H3. The fraction of sp³-hybridized carbons (Fsp3) is 0.643. The maximum absolute atomic E-state index is 12.4. The molecule has 116 valence electrons. The summed E-state index contributed by atoms with van der Waals surface area (Å²) in [5.74, 6) is 2.11. The SMILES string of the molecule is CCCCSCCCn1c(=O)c2c(ncn2C)n(C)c1=O. The highest BCUT2D eigenvalue weighted by molar-refractivity contribution is 7.99. The molecule has 0 unspecified atom stereocenters. The second kappa shape index (κ2) is 6.98. The van der Waals surface area contributed by atoms with E-state index in [2.05, 4.69) is 11.9 Å². The first-order valence-electron chi connectivity index (χ1n) is 7.26. The molecule has 0 aliphatic carbocycles. The average molecular weight is 310 g/mol. The minimum absolute atomic E-state index is 0.244. The quantitative estimate of drug-likeness (QED) is 0.724. The molecular weight excluding hydrogens is 288 g/mol. The van der Waals surface area contributed by atoms with E-state index in [9.17, 15) is 9.59 Å². The summed E-state index contributed by atoms with van der Waals surface area (Å²) in [4.78, 5) is 28.8. The molecule has 6 nitrogen and oxygen atoms in total. The number of thioether (sulfide) groups is 1. The molecule has 0 amide bonds. The summed E-state index contributed by atoms with van der Waals surface area (Å²) >= 11 is 1.88. The summed E-state index contributed by atoms with van der Waals surface area (Å²) in [5.41, 5.74) is 0.397. The molecule has 0 atom stereocenters. The Morgan fingerprint density at radius 3 is 2.62 bits per heavy atom. The van der Waals surface area contributed by atoms with Crippen LogP contribution in [0.4, 0.5) is 0 Å². The van der Waals surface area contributed by atoms with Gasteiger partial charge in [0.15, 0.2) is 11.2 Å². The topological polar surface area (TPSA) is 61.8 Å². The summed E-state index contributed by atoms with van der Waals surface area (Å²) in [6.07, 6.45) is 4.81. The fourth-order valence-corrected chi connectivity index (χ4v) is 3.30. The third-order valence-electron chi connectivity index (χ3n) is 3.51. The van der Waals surface area contributed by atoms with Crippen LogP contribution in [0.15, 0.2) is 15.9 Å². The maximum Gasteiger partial charge on any atom is 0.332 e. The van der Waals surface area contributed by atoms with E-state index in [1.165, 1.54) is 22.0 Å². The average Bonchev–Trinajstić information content (AvgIpc) is 2.85. The summed E-state index contributed by atoms with van der Waals surface area (Å²) in [5, 5.41) is 0. The third-order valence-corrected chi connectivity index (χ3v) is 4.67. The van der Waals surface area contributed by atoms with Crippen LogP contribution < -0.4 is 11.2 Å². The van der Waals surface area contributed by atoms with Crippen molar-refractivity contribution in [2.45, 2.75) is 32.7 Å². The van der Waals surface area contributed by atoms with Crippen molar-refractivity contribution in [1.29, 1.82) is 0 Å². The van der Waals surface area contributed by atoms with Gasteiger partial charge in [-0.15, -0.1) is 0 Å². The lowest BCUT2D eigenvalue weighted by Gasteiger charge is -2.08. The van der Waals surface area contributed by atoms with Gasteiger partial charge in [-0.2, -0.15) is 11.8 Å². The second-order valence-electron chi connectivity index (χ2n) is 5.15. The lowest BCUT2D eigenvalue weighted by Crippen LogP contribution is -2.39. The maximum atomic E-state index is 12.4. The van der Waals surface area contributed by atoms with Gasteiger partial charge in [-0.1, -0.05) is 13.3 Å². The zero-order valence-corrected chi connectivity index (χ0v) is 13.7. The summed E-state index contributed by atoms with van der Waals surface area (Å²) in [6, 6.07) is 0. The first kappa shape index (κ1) is 15.9. The van der Waals surface area contributed by atoms with E-state index >= 15 is 0 Å². The minimum Gasteiger partial charge on any atom is -0.328 e. The fourth-order valence-electron chi connectivity index (χ4n) is 2.27. The molecule has 2 aromatic rings. The number of unbranched alkanes of at least 4 members (excludes halogenated alkanes) is 1. The molecule has 7 heteroatoms. The van der Waals surface area contributed by atoms with Gasteiger partial charge in [-0.05, 0) is 24.3 Å². The van der Waals surface area contributed by atoms with Crippen LogP contribution in [0.3, 0.4) is 0 Å². The Kier molecular flexibility index (Phi) is 5.27. The molecule has 21 heavy (non-hydrogen) atoms. The van der Waals surface area contributed by atoms with E-state index < -0.39 is 0 Å². The number of nitrogens with zero attached hydrogens (tertiary/aromatic N) is 4. The van der Waals surface area contributed by atoms with Gasteiger partial charge >= 0.3 is 5.69 Å². The molecule has 0 saturated heterocycles. The normalized spacial score (nSPS) is 11.4. The monoisotopic (exact) mass is 310 g/mol. The van der Waals surface area contributed by atoms with Crippen molar-refractivity contribution < 1.29 is 0 Å². The Bertz CT molecular complexity index is 729. The lowest BCUT2D eigenvalue weighted by molar-refractivity contribution is 0.594. The number of rotatable bonds is 7. The third kappa shape index (κ3) is 3.23. The molecule has 0 fully saturated rings. The van der Waals surface area contributed by atoms with Crippen LogP contribution in [-0.2, 0) is 20.6 Å². The predicted octanol–water partition coefficient (Wildman–Crippen LogP) is 1.36. The molecule has 2 heterocycles. The van der Waals surface area contributed by atoms with E-state index in [1.807, 2.05) is 11.8 Å². The Morgan fingerprint density at radius 2 is 1.90 bits per heavy atom. The Labute approximate surface area is 127 Å². The molecule has 2 aromatic heterocycles. The number of hydrogen-bond acceptors (Lipinski definition) is 4. The van der Waals surface area contributed by atoms with Gasteiger partial charge in [0.25, 0.3) is 5.56 Å². The van der Waals surface area contributed by atoms with Gasteiger partial charge in [0, 0.05) is 20.6 Å². The molecular formula is C14H22N4O2S. The summed E-state index contributed by atoms with van der Waals surface area (Å²) < 4.78 is 4.44. The Balaban J connectivity index is 2.18. The molecule has 0 spiro atoms. The van der Waals surface area contributed by atoms with E-state index in [4.69, 9.17) is 0 Å². The zero-order chi connectivity index (χ0) is 15.4. The number of hydrogen-bond donors (Lipinski definition) is 0. The van der Waals surface area contributed by atoms with Gasteiger partial charge < -0.3 is 4.57 Å². The van der Waals surface area contributed by atoms with Crippen LogP contribution >= 0.6 is 11.8 Å². The zero-order valence-electron chi connectivity index (χ0n) is 12.8. The predicted molar refractivity (Wildman–Crippen MR) is 87.1 cm³/mol. The minimum atomic E-state index is -0.287. The van der Waals surface area contributed by atoms with Crippen molar-refractivity contribution in [3.05, 3.63) is 27.2 Å². The number of aromatic nitrogens is 4. The van der Waals surface area contributed by atoms with Crippen molar-refractivity contribution in [2.24, 2.45) is 14.1 Å². The Morgan fingerprint density at radius 1 is 1.19 bits per heavy atom. The second-order valence-corrected chi connectivity index (χ2v) is 6.37. The van der Waals surface area contributed by atoms with Crippen molar-refractivity contribution >= 4 is 22.9 Å². The van der Waals surface area contributed by atoms with E-state index in [0.29, 0.717) is 17.7 Å². The van der Waals surface area contributed by atoms with Crippen LogP contribution in [0.25, 0.3) is 11.2 Å². The molecule has 0 aromatic carbocycles. The van der Waals surface area contributed by atoms with Gasteiger partial charge in [0.1, 0.15) is 0 Å². The van der Waals surface area contributed by atoms with Gasteiger partial charge in [0.05, 0.1) is 6.33 Å². The van der Waals surface area contributed by atoms with Gasteiger partial charge in [0.2, 0.25) is 0 Å². The smallest absolute Gasteiger partial charge is 0.328 e. The van der Waals surface area contributed by atoms with E-state index in [0.717, 1.165) is 17.9 Å². The summed E-state index contributed by atoms with van der Waals surface area (Å²) in [6.45, 7) is 2.64. The largest absolute Gasteiger partial charge is 0.332 e. The molecule has 0 bridgehead atoms. The number of fused-ring (bicyclic) bond motifs is 1. The number of aryl methyl sites for hydroxylation is 2. The van der Waals surface area contributed by atoms with Crippen LogP contribution in [0.1, 0.15) is 26.2 Å². The van der Waals surface area contributed by atoms with E-state index in [1.54, 1.807) is 25.0 Å². The molecule has 0 aliphatic heterocycles. The van der Waals surface area contributed by atoms with Crippen LogP contribution in [0.2, 0.25) is 0 Å². The van der Waals surface area contributed by atoms with Crippen LogP contribution in [0, 0.1) is 0 Å². The van der Waals surface area contributed by atoms with Crippen LogP contribution in [-0.4, -0.2) is 30.2 Å². The highest BCUT2D eigenvalue weighted by Gasteiger charge is 2.14. The van der Waals surface area contributed by atoms with Crippen LogP contribution in [0.5, 0.6) is 0 Å². The molecule has 2 rings (SSSR count). The van der Waals surface area contributed by atoms with Crippen molar-refractivity contribution in [3.63, 3.8) is 0 Å².